The Morgan fingerprint density at radius 3 is 2.29 bits per heavy atom. The number of halogens is 3. The van der Waals surface area contributed by atoms with Crippen LogP contribution in [0, 0.1) is 0 Å². The van der Waals surface area contributed by atoms with Gasteiger partial charge in [0.1, 0.15) is 16.2 Å². The maximum Gasteiger partial charge on any atom is 0.342 e. The van der Waals surface area contributed by atoms with Crippen LogP contribution in [-0.2, 0) is 10.1 Å². The molecule has 5 nitrogen and oxygen atoms in total. The van der Waals surface area contributed by atoms with Gasteiger partial charge >= 0.3 is 15.7 Å². The van der Waals surface area contributed by atoms with Gasteiger partial charge in [-0.05, 0) is 30.3 Å². The van der Waals surface area contributed by atoms with Gasteiger partial charge in [0, 0.05) is 22.0 Å². The number of benzene rings is 2. The minimum atomic E-state index is -4.27. The van der Waals surface area contributed by atoms with Crippen molar-refractivity contribution < 1.29 is 17.0 Å². The van der Waals surface area contributed by atoms with Crippen LogP contribution in [0.3, 0.4) is 0 Å². The highest BCUT2D eigenvalue weighted by Gasteiger charge is 2.25. The Labute approximate surface area is 155 Å². The first-order valence-electron chi connectivity index (χ1n) is 6.39. The summed E-state index contributed by atoms with van der Waals surface area (Å²) in [6.45, 7) is 0. The van der Waals surface area contributed by atoms with E-state index in [1.165, 1.54) is 30.3 Å². The molecule has 0 spiro atoms. The van der Waals surface area contributed by atoms with E-state index in [0.717, 1.165) is 0 Å². The average molecular weight is 450 g/mol. The quantitative estimate of drug-likeness (QED) is 0.430. The molecule has 1 aromatic heterocycles. The minimum Gasteiger partial charge on any atom is -0.423 e. The summed E-state index contributed by atoms with van der Waals surface area (Å²) in [5.41, 5.74) is -0.357. The maximum atomic E-state index is 12.5. The highest BCUT2D eigenvalue weighted by atomic mass is 79.9. The number of hydrogen-bond acceptors (Lipinski definition) is 5. The Kier molecular flexibility index (Phi) is 4.61. The van der Waals surface area contributed by atoms with Crippen molar-refractivity contribution >= 4 is 60.2 Å². The fourth-order valence-electron chi connectivity index (χ4n) is 2.03. The predicted octanol–water partition coefficient (Wildman–Crippen LogP) is 4.63. The first-order chi connectivity index (χ1) is 11.3. The molecular formula is C15H7BrCl2O5S. The van der Waals surface area contributed by atoms with Gasteiger partial charge in [0.05, 0.1) is 10.0 Å². The second kappa shape index (κ2) is 6.40. The van der Waals surface area contributed by atoms with E-state index < -0.39 is 15.7 Å². The third kappa shape index (κ3) is 3.44. The summed E-state index contributed by atoms with van der Waals surface area (Å²) in [4.78, 5) is 10.9. The summed E-state index contributed by atoms with van der Waals surface area (Å²) in [7, 11) is -4.27. The molecule has 0 aliphatic carbocycles. The van der Waals surface area contributed by atoms with Gasteiger partial charge in [-0.2, -0.15) is 8.42 Å². The topological polar surface area (TPSA) is 73.6 Å². The molecule has 0 bridgehead atoms. The third-order valence-corrected chi connectivity index (χ3v) is 5.64. The van der Waals surface area contributed by atoms with Gasteiger partial charge in [-0.15, -0.1) is 0 Å². The molecule has 0 radical (unpaired) electrons. The zero-order valence-corrected chi connectivity index (χ0v) is 15.5. The Bertz CT molecular complexity index is 1090. The van der Waals surface area contributed by atoms with Crippen LogP contribution >= 0.6 is 39.1 Å². The summed E-state index contributed by atoms with van der Waals surface area (Å²) < 4.78 is 35.5. The predicted molar refractivity (Wildman–Crippen MR) is 94.5 cm³/mol. The summed E-state index contributed by atoms with van der Waals surface area (Å²) in [5, 5.41) is 0.461. The van der Waals surface area contributed by atoms with Gasteiger partial charge in [0.15, 0.2) is 0 Å². The van der Waals surface area contributed by atoms with Crippen molar-refractivity contribution in [3.05, 3.63) is 67.4 Å². The number of hydrogen-bond donors (Lipinski definition) is 0. The zero-order chi connectivity index (χ0) is 17.5. The summed E-state index contributed by atoms with van der Waals surface area (Å²) >= 11 is 15.1. The van der Waals surface area contributed by atoms with E-state index in [1.807, 2.05) is 0 Å². The van der Waals surface area contributed by atoms with Crippen LogP contribution < -0.4 is 9.81 Å². The van der Waals surface area contributed by atoms with E-state index in [-0.39, 0.29) is 26.3 Å². The Balaban J connectivity index is 2.05. The van der Waals surface area contributed by atoms with E-state index >= 15 is 0 Å². The van der Waals surface area contributed by atoms with E-state index in [1.54, 1.807) is 12.1 Å². The number of rotatable bonds is 3. The molecule has 124 valence electrons. The molecule has 0 aliphatic heterocycles. The van der Waals surface area contributed by atoms with Crippen LogP contribution in [-0.4, -0.2) is 8.42 Å². The van der Waals surface area contributed by atoms with Gasteiger partial charge in [0.2, 0.25) is 0 Å². The molecule has 2 aromatic carbocycles. The molecular weight excluding hydrogens is 443 g/mol. The van der Waals surface area contributed by atoms with Crippen molar-refractivity contribution in [2.24, 2.45) is 0 Å². The molecule has 3 rings (SSSR count). The largest absolute Gasteiger partial charge is 0.423 e. The van der Waals surface area contributed by atoms with Crippen LogP contribution in [0.4, 0.5) is 0 Å². The third-order valence-electron chi connectivity index (χ3n) is 3.01. The van der Waals surface area contributed by atoms with Gasteiger partial charge in [-0.1, -0.05) is 39.1 Å². The lowest BCUT2D eigenvalue weighted by Gasteiger charge is -2.10. The smallest absolute Gasteiger partial charge is 0.342 e. The first kappa shape index (κ1) is 17.3. The van der Waals surface area contributed by atoms with Gasteiger partial charge in [-0.25, -0.2) is 4.79 Å². The maximum absolute atomic E-state index is 12.5. The molecule has 0 amide bonds. The fraction of sp³-hybridized carbons (Fsp3) is 0. The van der Waals surface area contributed by atoms with Crippen LogP contribution in [0.25, 0.3) is 11.0 Å². The average Bonchev–Trinajstić information content (AvgIpc) is 2.44. The van der Waals surface area contributed by atoms with Crippen LogP contribution in [0.5, 0.6) is 5.75 Å². The normalized spacial score (nSPS) is 11.6. The molecule has 0 saturated carbocycles. The van der Waals surface area contributed by atoms with Crippen LogP contribution in [0.2, 0.25) is 10.0 Å². The lowest BCUT2D eigenvalue weighted by Crippen LogP contribution is -2.11. The Morgan fingerprint density at radius 2 is 1.62 bits per heavy atom. The van der Waals surface area contributed by atoms with Gasteiger partial charge in [0.25, 0.3) is 0 Å². The number of fused-ring (bicyclic) bond motifs is 1. The molecule has 0 atom stereocenters. The van der Waals surface area contributed by atoms with Crippen LogP contribution in [0.1, 0.15) is 0 Å². The van der Waals surface area contributed by atoms with E-state index in [2.05, 4.69) is 15.9 Å². The molecule has 0 fully saturated rings. The summed E-state index contributed by atoms with van der Waals surface area (Å²) in [6.07, 6.45) is 0. The summed E-state index contributed by atoms with van der Waals surface area (Å²) in [5.74, 6) is -0.0353. The lowest BCUT2D eigenvalue weighted by atomic mass is 10.2. The minimum absolute atomic E-state index is 0.0353. The van der Waals surface area contributed by atoms with Crippen molar-refractivity contribution in [1.82, 2.24) is 0 Å². The molecule has 0 unspecified atom stereocenters. The van der Waals surface area contributed by atoms with E-state index in [9.17, 15) is 13.2 Å². The second-order valence-electron chi connectivity index (χ2n) is 4.69. The monoisotopic (exact) mass is 448 g/mol. The zero-order valence-electron chi connectivity index (χ0n) is 11.6. The summed E-state index contributed by atoms with van der Waals surface area (Å²) in [6, 6.07) is 9.90. The Morgan fingerprint density at radius 1 is 1.00 bits per heavy atom. The molecule has 9 heteroatoms. The highest BCUT2D eigenvalue weighted by Crippen LogP contribution is 2.34. The van der Waals surface area contributed by atoms with Crippen LogP contribution in [0.15, 0.2) is 61.0 Å². The molecule has 1 heterocycles. The van der Waals surface area contributed by atoms with Crippen molar-refractivity contribution in [3.8, 4) is 5.75 Å². The second-order valence-corrected chi connectivity index (χ2v) is 7.90. The van der Waals surface area contributed by atoms with E-state index in [0.29, 0.717) is 9.86 Å². The highest BCUT2D eigenvalue weighted by molar-refractivity contribution is 9.10. The molecule has 3 aromatic rings. The Hall–Kier alpha value is -1.54. The lowest BCUT2D eigenvalue weighted by molar-refractivity contribution is 0.485. The molecule has 0 N–H and O–H groups in total. The SMILES string of the molecule is O=c1ccc2ccc(OS(=O)(=O)c3c(Cl)cc(Br)cc3Cl)cc2o1. The fourth-order valence-corrected chi connectivity index (χ4v) is 4.84. The van der Waals surface area contributed by atoms with Crippen molar-refractivity contribution in [2.75, 3.05) is 0 Å². The standard InChI is InChI=1S/C15H7BrCl2O5S/c16-9-5-11(17)15(12(18)6-9)24(20,21)23-10-3-1-8-2-4-14(19)22-13(8)7-10/h1-7H. The van der Waals surface area contributed by atoms with Gasteiger partial charge in [-0.3, -0.25) is 0 Å². The molecule has 24 heavy (non-hydrogen) atoms. The van der Waals surface area contributed by atoms with Crippen molar-refractivity contribution in [1.29, 1.82) is 0 Å². The van der Waals surface area contributed by atoms with Crippen molar-refractivity contribution in [2.45, 2.75) is 4.90 Å². The van der Waals surface area contributed by atoms with Gasteiger partial charge < -0.3 is 8.60 Å². The van der Waals surface area contributed by atoms with Crippen molar-refractivity contribution in [3.63, 3.8) is 0 Å². The van der Waals surface area contributed by atoms with E-state index in [4.69, 9.17) is 31.8 Å². The molecule has 0 aliphatic rings. The first-order valence-corrected chi connectivity index (χ1v) is 9.35. The molecule has 0 saturated heterocycles.